The molecular weight excluding hydrogens is 334 g/mol. The number of hydrogen-bond acceptors (Lipinski definition) is 3. The highest BCUT2D eigenvalue weighted by molar-refractivity contribution is 9.10. The van der Waals surface area contributed by atoms with Gasteiger partial charge in [0.2, 0.25) is 5.91 Å². The summed E-state index contributed by atoms with van der Waals surface area (Å²) in [6, 6.07) is 6.69. The van der Waals surface area contributed by atoms with Crippen molar-refractivity contribution in [2.45, 2.75) is 6.54 Å². The van der Waals surface area contributed by atoms with Gasteiger partial charge in [0.15, 0.2) is 5.15 Å². The average molecular weight is 343 g/mol. The van der Waals surface area contributed by atoms with Crippen molar-refractivity contribution in [3.63, 3.8) is 0 Å². The van der Waals surface area contributed by atoms with Gasteiger partial charge in [0.05, 0.1) is 12.9 Å². The molecule has 0 aliphatic heterocycles. The van der Waals surface area contributed by atoms with Crippen LogP contribution in [-0.2, 0) is 6.54 Å². The molecule has 0 saturated carbocycles. The van der Waals surface area contributed by atoms with Crippen molar-refractivity contribution in [2.75, 3.05) is 0 Å². The summed E-state index contributed by atoms with van der Waals surface area (Å²) in [4.78, 5) is 26.7. The number of nitrogens with zero attached hydrogens (tertiary/aromatic N) is 2. The molecule has 2 N–H and O–H groups in total. The number of carbonyl (C=O) groups excluding carboxylic acids is 1. The van der Waals surface area contributed by atoms with Gasteiger partial charge >= 0.3 is 0 Å². The molecule has 7 heteroatoms. The van der Waals surface area contributed by atoms with Crippen LogP contribution in [0.1, 0.15) is 15.9 Å². The quantitative estimate of drug-likeness (QED) is 0.864. The van der Waals surface area contributed by atoms with Crippen molar-refractivity contribution >= 4 is 33.4 Å². The van der Waals surface area contributed by atoms with Crippen molar-refractivity contribution in [1.82, 2.24) is 9.55 Å². The summed E-state index contributed by atoms with van der Waals surface area (Å²) >= 11 is 8.81. The first-order valence-electron chi connectivity index (χ1n) is 5.28. The van der Waals surface area contributed by atoms with Crippen LogP contribution >= 0.6 is 27.5 Å². The molecule has 0 radical (unpaired) electrons. The van der Waals surface area contributed by atoms with Gasteiger partial charge in [-0.05, 0) is 33.6 Å². The molecule has 1 aromatic heterocycles. The Hall–Kier alpha value is -1.66. The lowest BCUT2D eigenvalue weighted by Gasteiger charge is -2.06. The molecule has 0 aliphatic carbocycles. The van der Waals surface area contributed by atoms with Crippen LogP contribution in [0.4, 0.5) is 0 Å². The molecule has 0 spiro atoms. The van der Waals surface area contributed by atoms with Gasteiger partial charge in [0.1, 0.15) is 4.47 Å². The third kappa shape index (κ3) is 3.02. The fourth-order valence-electron chi connectivity index (χ4n) is 1.53. The maximum absolute atomic E-state index is 11.9. The molecule has 0 bridgehead atoms. The molecule has 0 fully saturated rings. The number of halogens is 2. The molecule has 98 valence electrons. The Bertz CT molecular complexity index is 682. The zero-order chi connectivity index (χ0) is 14.0. The molecule has 1 heterocycles. The van der Waals surface area contributed by atoms with E-state index in [1.807, 2.05) is 0 Å². The van der Waals surface area contributed by atoms with Crippen LogP contribution < -0.4 is 11.3 Å². The minimum atomic E-state index is -0.486. The van der Waals surface area contributed by atoms with E-state index in [4.69, 9.17) is 17.3 Å². The Balaban J connectivity index is 2.29. The lowest BCUT2D eigenvalue weighted by molar-refractivity contribution is 0.100. The Morgan fingerprint density at radius 3 is 2.58 bits per heavy atom. The third-order valence-corrected chi connectivity index (χ3v) is 3.76. The lowest BCUT2D eigenvalue weighted by Crippen LogP contribution is -2.22. The van der Waals surface area contributed by atoms with Gasteiger partial charge in [-0.3, -0.25) is 14.2 Å². The van der Waals surface area contributed by atoms with E-state index in [0.29, 0.717) is 12.1 Å². The number of carbonyl (C=O) groups is 1. The second-order valence-corrected chi connectivity index (χ2v) is 4.99. The van der Waals surface area contributed by atoms with Crippen LogP contribution in [0.5, 0.6) is 0 Å². The molecule has 1 amide bonds. The first-order chi connectivity index (χ1) is 8.99. The topological polar surface area (TPSA) is 78.0 Å². The largest absolute Gasteiger partial charge is 0.366 e. The first kappa shape index (κ1) is 13.8. The fraction of sp³-hybridized carbons (Fsp3) is 0.0833. The molecule has 2 aromatic rings. The van der Waals surface area contributed by atoms with Crippen LogP contribution in [-0.4, -0.2) is 15.5 Å². The summed E-state index contributed by atoms with van der Waals surface area (Å²) < 4.78 is 1.64. The first-order valence-corrected chi connectivity index (χ1v) is 6.45. The molecule has 1 aromatic carbocycles. The maximum atomic E-state index is 11.9. The van der Waals surface area contributed by atoms with Gasteiger partial charge in [-0.15, -0.1) is 0 Å². The second-order valence-electron chi connectivity index (χ2n) is 3.84. The maximum Gasteiger partial charge on any atom is 0.269 e. The van der Waals surface area contributed by atoms with E-state index in [-0.39, 0.29) is 15.2 Å². The van der Waals surface area contributed by atoms with Crippen molar-refractivity contribution in [3.8, 4) is 0 Å². The normalized spacial score (nSPS) is 10.4. The van der Waals surface area contributed by atoms with Gasteiger partial charge in [0.25, 0.3) is 5.56 Å². The Morgan fingerprint density at radius 1 is 1.37 bits per heavy atom. The minimum Gasteiger partial charge on any atom is -0.366 e. The number of aromatic nitrogens is 2. The molecule has 0 atom stereocenters. The Morgan fingerprint density at radius 2 is 2.00 bits per heavy atom. The molecule has 0 aliphatic rings. The van der Waals surface area contributed by atoms with Crippen LogP contribution in [0.25, 0.3) is 0 Å². The predicted octanol–water partition coefficient (Wildman–Crippen LogP) is 1.81. The van der Waals surface area contributed by atoms with Crippen molar-refractivity contribution in [3.05, 3.63) is 61.7 Å². The van der Waals surface area contributed by atoms with E-state index in [9.17, 15) is 9.59 Å². The van der Waals surface area contributed by atoms with Crippen molar-refractivity contribution in [2.24, 2.45) is 5.73 Å². The Kier molecular flexibility index (Phi) is 4.01. The van der Waals surface area contributed by atoms with Crippen molar-refractivity contribution in [1.29, 1.82) is 0 Å². The number of nitrogens with two attached hydrogens (primary N) is 1. The van der Waals surface area contributed by atoms with Gasteiger partial charge < -0.3 is 5.73 Å². The zero-order valence-corrected chi connectivity index (χ0v) is 12.0. The lowest BCUT2D eigenvalue weighted by atomic mass is 10.1. The van der Waals surface area contributed by atoms with Gasteiger partial charge in [-0.25, -0.2) is 4.98 Å². The molecular formula is C12H9BrClN3O2. The van der Waals surface area contributed by atoms with Crippen LogP contribution in [0, 0.1) is 0 Å². The highest BCUT2D eigenvalue weighted by atomic mass is 79.9. The molecule has 19 heavy (non-hydrogen) atoms. The highest BCUT2D eigenvalue weighted by Gasteiger charge is 2.07. The van der Waals surface area contributed by atoms with E-state index in [2.05, 4.69) is 20.9 Å². The number of benzene rings is 1. The molecule has 0 saturated heterocycles. The monoisotopic (exact) mass is 341 g/mol. The number of primary amides is 1. The van der Waals surface area contributed by atoms with E-state index in [0.717, 1.165) is 5.56 Å². The summed E-state index contributed by atoms with van der Waals surface area (Å²) in [5, 5.41) is 0.130. The predicted molar refractivity (Wildman–Crippen MR) is 75.3 cm³/mol. The summed E-state index contributed by atoms with van der Waals surface area (Å²) in [6.07, 6.45) is 1.37. The fourth-order valence-corrected chi connectivity index (χ4v) is 1.98. The third-order valence-electron chi connectivity index (χ3n) is 2.53. The Labute approximate surface area is 122 Å². The summed E-state index contributed by atoms with van der Waals surface area (Å²) in [5.41, 5.74) is 6.16. The van der Waals surface area contributed by atoms with E-state index >= 15 is 0 Å². The second kappa shape index (κ2) is 5.54. The molecule has 2 rings (SSSR count). The van der Waals surface area contributed by atoms with Crippen LogP contribution in [0.3, 0.4) is 0 Å². The SMILES string of the molecule is NC(=O)c1ccc(Cn2cnc(Cl)c(Br)c2=O)cc1. The standard InChI is InChI=1S/C12H9BrClN3O2/c13-9-10(14)16-6-17(12(9)19)5-7-1-3-8(4-2-7)11(15)18/h1-4,6H,5H2,(H2,15,18). The van der Waals surface area contributed by atoms with Gasteiger partial charge in [0, 0.05) is 5.56 Å². The number of hydrogen-bond donors (Lipinski definition) is 1. The highest BCUT2D eigenvalue weighted by Crippen LogP contribution is 2.14. The summed E-state index contributed by atoms with van der Waals surface area (Å²) in [7, 11) is 0. The van der Waals surface area contributed by atoms with Crippen LogP contribution in [0.15, 0.2) is 39.9 Å². The average Bonchev–Trinajstić information content (AvgIpc) is 2.40. The smallest absolute Gasteiger partial charge is 0.269 e. The van der Waals surface area contributed by atoms with E-state index < -0.39 is 5.91 Å². The van der Waals surface area contributed by atoms with E-state index in [1.165, 1.54) is 10.9 Å². The van der Waals surface area contributed by atoms with Gasteiger partial charge in [-0.1, -0.05) is 23.7 Å². The van der Waals surface area contributed by atoms with Crippen molar-refractivity contribution < 1.29 is 4.79 Å². The number of amides is 1. The minimum absolute atomic E-state index is 0.130. The molecule has 5 nitrogen and oxygen atoms in total. The van der Waals surface area contributed by atoms with Gasteiger partial charge in [-0.2, -0.15) is 0 Å². The molecule has 0 unspecified atom stereocenters. The number of rotatable bonds is 3. The zero-order valence-electron chi connectivity index (χ0n) is 9.64. The van der Waals surface area contributed by atoms with Crippen LogP contribution in [0.2, 0.25) is 5.15 Å². The van der Waals surface area contributed by atoms with E-state index in [1.54, 1.807) is 24.3 Å². The summed E-state index contributed by atoms with van der Waals surface area (Å²) in [5.74, 6) is -0.486. The summed E-state index contributed by atoms with van der Waals surface area (Å²) in [6.45, 7) is 0.334.